The van der Waals surface area contributed by atoms with Crippen LogP contribution in [0.4, 0.5) is 0 Å². The molecule has 1 aliphatic carbocycles. The topological polar surface area (TPSA) is 39.2 Å². The van der Waals surface area contributed by atoms with E-state index in [1.807, 2.05) is 30.3 Å². The summed E-state index contributed by atoms with van der Waals surface area (Å²) in [5.74, 6) is 1.10. The van der Waals surface area contributed by atoms with Gasteiger partial charge in [0.05, 0.1) is 5.52 Å². The van der Waals surface area contributed by atoms with Crippen LogP contribution in [0.25, 0.3) is 10.9 Å². The summed E-state index contributed by atoms with van der Waals surface area (Å²) in [5.41, 5.74) is 0.922. The number of rotatable bonds is 2. The van der Waals surface area contributed by atoms with Crippen LogP contribution in [0, 0.1) is 0 Å². The zero-order valence-corrected chi connectivity index (χ0v) is 8.72. The summed E-state index contributed by atoms with van der Waals surface area (Å²) in [4.78, 5) is 15.1. The lowest BCUT2D eigenvalue weighted by molar-refractivity contribution is -0.129. The highest BCUT2D eigenvalue weighted by Gasteiger charge is 2.28. The number of hydrogen-bond donors (Lipinski definition) is 0. The molecule has 3 rings (SSSR count). The SMILES string of the molecule is O=C1CC(Oc2cccc3ncccc23)C1. The van der Waals surface area contributed by atoms with Gasteiger partial charge in [0.2, 0.25) is 0 Å². The molecular formula is C13H11NO2. The standard InChI is InChI=1S/C13H11NO2/c15-9-7-10(8-9)16-13-5-1-4-12-11(13)3-2-6-14-12/h1-6,10H,7-8H2. The molecule has 0 N–H and O–H groups in total. The van der Waals surface area contributed by atoms with Crippen molar-refractivity contribution < 1.29 is 9.53 Å². The Morgan fingerprint density at radius 2 is 2.06 bits per heavy atom. The first-order valence-electron chi connectivity index (χ1n) is 5.35. The molecule has 1 fully saturated rings. The fourth-order valence-corrected chi connectivity index (χ4v) is 1.89. The van der Waals surface area contributed by atoms with E-state index in [0.29, 0.717) is 12.8 Å². The van der Waals surface area contributed by atoms with Crippen molar-refractivity contribution in [2.45, 2.75) is 18.9 Å². The number of ether oxygens (including phenoxy) is 1. The van der Waals surface area contributed by atoms with Gasteiger partial charge < -0.3 is 4.74 Å². The van der Waals surface area contributed by atoms with Crippen molar-refractivity contribution in [1.29, 1.82) is 0 Å². The van der Waals surface area contributed by atoms with E-state index in [4.69, 9.17) is 4.74 Å². The van der Waals surface area contributed by atoms with Crippen molar-refractivity contribution in [3.8, 4) is 5.75 Å². The maximum Gasteiger partial charge on any atom is 0.140 e. The Labute approximate surface area is 93.1 Å². The highest BCUT2D eigenvalue weighted by molar-refractivity contribution is 5.87. The van der Waals surface area contributed by atoms with E-state index in [2.05, 4.69) is 4.98 Å². The number of fused-ring (bicyclic) bond motifs is 1. The highest BCUT2D eigenvalue weighted by atomic mass is 16.5. The second kappa shape index (κ2) is 3.59. The monoisotopic (exact) mass is 213 g/mol. The van der Waals surface area contributed by atoms with Crippen LogP contribution in [-0.4, -0.2) is 16.9 Å². The van der Waals surface area contributed by atoms with E-state index in [9.17, 15) is 4.79 Å². The fourth-order valence-electron chi connectivity index (χ4n) is 1.89. The Hall–Kier alpha value is -1.90. The molecule has 1 aliphatic rings. The smallest absolute Gasteiger partial charge is 0.140 e. The van der Waals surface area contributed by atoms with Gasteiger partial charge in [-0.3, -0.25) is 9.78 Å². The summed E-state index contributed by atoms with van der Waals surface area (Å²) in [6.07, 6.45) is 2.89. The van der Waals surface area contributed by atoms with Crippen LogP contribution in [0.15, 0.2) is 36.5 Å². The minimum atomic E-state index is 0.0540. The Morgan fingerprint density at radius 1 is 1.19 bits per heavy atom. The molecule has 0 radical (unpaired) electrons. The van der Waals surface area contributed by atoms with E-state index in [-0.39, 0.29) is 11.9 Å². The van der Waals surface area contributed by atoms with Gasteiger partial charge in [-0.15, -0.1) is 0 Å². The zero-order valence-electron chi connectivity index (χ0n) is 8.72. The van der Waals surface area contributed by atoms with Crippen LogP contribution < -0.4 is 4.74 Å². The third-order valence-corrected chi connectivity index (χ3v) is 2.81. The molecule has 0 atom stereocenters. The second-order valence-electron chi connectivity index (χ2n) is 4.01. The van der Waals surface area contributed by atoms with Crippen LogP contribution in [0.2, 0.25) is 0 Å². The molecule has 0 bridgehead atoms. The molecule has 1 aromatic heterocycles. The van der Waals surface area contributed by atoms with Gasteiger partial charge in [0.1, 0.15) is 17.6 Å². The number of Topliss-reactive ketones (excluding diaryl/α,β-unsaturated/α-hetero) is 1. The van der Waals surface area contributed by atoms with Gasteiger partial charge in [-0.05, 0) is 24.3 Å². The fraction of sp³-hybridized carbons (Fsp3) is 0.231. The van der Waals surface area contributed by atoms with Crippen molar-refractivity contribution >= 4 is 16.7 Å². The van der Waals surface area contributed by atoms with Crippen LogP contribution in [0.1, 0.15) is 12.8 Å². The minimum Gasteiger partial charge on any atom is -0.489 e. The van der Waals surface area contributed by atoms with Crippen LogP contribution in [0.5, 0.6) is 5.75 Å². The average Bonchev–Trinajstić information content (AvgIpc) is 2.27. The molecule has 3 nitrogen and oxygen atoms in total. The Kier molecular flexibility index (Phi) is 2.10. The Balaban J connectivity index is 1.94. The van der Waals surface area contributed by atoms with Gasteiger partial charge in [-0.1, -0.05) is 6.07 Å². The first kappa shape index (κ1) is 9.33. The Morgan fingerprint density at radius 3 is 2.88 bits per heavy atom. The lowest BCUT2D eigenvalue weighted by Crippen LogP contribution is -2.33. The molecule has 3 heteroatoms. The molecule has 80 valence electrons. The quantitative estimate of drug-likeness (QED) is 0.768. The number of carbonyl (C=O) groups excluding carboxylic acids is 1. The maximum absolute atomic E-state index is 10.9. The molecule has 2 aromatic rings. The summed E-state index contributed by atoms with van der Waals surface area (Å²) in [6.45, 7) is 0. The van der Waals surface area contributed by atoms with E-state index in [1.165, 1.54) is 0 Å². The molecule has 1 aromatic carbocycles. The predicted molar refractivity (Wildman–Crippen MR) is 60.4 cm³/mol. The van der Waals surface area contributed by atoms with E-state index in [0.717, 1.165) is 16.7 Å². The van der Waals surface area contributed by atoms with Gasteiger partial charge in [-0.25, -0.2) is 0 Å². The Bertz CT molecular complexity index is 537. The summed E-state index contributed by atoms with van der Waals surface area (Å²) in [5, 5.41) is 1.00. The summed E-state index contributed by atoms with van der Waals surface area (Å²) < 4.78 is 5.77. The van der Waals surface area contributed by atoms with Crippen molar-refractivity contribution in [1.82, 2.24) is 4.98 Å². The van der Waals surface area contributed by atoms with Gasteiger partial charge >= 0.3 is 0 Å². The number of benzene rings is 1. The van der Waals surface area contributed by atoms with Crippen molar-refractivity contribution in [3.63, 3.8) is 0 Å². The largest absolute Gasteiger partial charge is 0.489 e. The van der Waals surface area contributed by atoms with E-state index >= 15 is 0 Å². The van der Waals surface area contributed by atoms with Gasteiger partial charge in [0, 0.05) is 24.4 Å². The first-order valence-corrected chi connectivity index (χ1v) is 5.35. The van der Waals surface area contributed by atoms with Gasteiger partial charge in [-0.2, -0.15) is 0 Å². The molecule has 1 saturated carbocycles. The number of nitrogens with zero attached hydrogens (tertiary/aromatic N) is 1. The van der Waals surface area contributed by atoms with Crippen LogP contribution in [0.3, 0.4) is 0 Å². The third kappa shape index (κ3) is 1.54. The van der Waals surface area contributed by atoms with Crippen LogP contribution in [-0.2, 0) is 4.79 Å². The summed E-state index contributed by atoms with van der Waals surface area (Å²) in [6, 6.07) is 9.67. The van der Waals surface area contributed by atoms with Crippen LogP contribution >= 0.6 is 0 Å². The first-order chi connectivity index (χ1) is 7.83. The van der Waals surface area contributed by atoms with E-state index < -0.39 is 0 Å². The average molecular weight is 213 g/mol. The summed E-state index contributed by atoms with van der Waals surface area (Å²) >= 11 is 0. The van der Waals surface area contributed by atoms with Crippen molar-refractivity contribution in [2.75, 3.05) is 0 Å². The molecule has 0 unspecified atom stereocenters. The predicted octanol–water partition coefficient (Wildman–Crippen LogP) is 2.35. The molecule has 16 heavy (non-hydrogen) atoms. The lowest BCUT2D eigenvalue weighted by Gasteiger charge is -2.25. The molecule has 0 amide bonds. The zero-order chi connectivity index (χ0) is 11.0. The highest BCUT2D eigenvalue weighted by Crippen LogP contribution is 2.28. The number of carbonyl (C=O) groups is 1. The van der Waals surface area contributed by atoms with Crippen molar-refractivity contribution in [3.05, 3.63) is 36.5 Å². The molecule has 0 spiro atoms. The second-order valence-corrected chi connectivity index (χ2v) is 4.01. The van der Waals surface area contributed by atoms with Gasteiger partial charge in [0.15, 0.2) is 0 Å². The third-order valence-electron chi connectivity index (χ3n) is 2.81. The number of aromatic nitrogens is 1. The maximum atomic E-state index is 10.9. The molecule has 0 aliphatic heterocycles. The molecule has 1 heterocycles. The van der Waals surface area contributed by atoms with Gasteiger partial charge in [0.25, 0.3) is 0 Å². The lowest BCUT2D eigenvalue weighted by atomic mass is 9.94. The number of ketones is 1. The number of hydrogen-bond acceptors (Lipinski definition) is 3. The van der Waals surface area contributed by atoms with E-state index in [1.54, 1.807) is 6.20 Å². The number of pyridine rings is 1. The summed E-state index contributed by atoms with van der Waals surface area (Å²) in [7, 11) is 0. The minimum absolute atomic E-state index is 0.0540. The normalized spacial score (nSPS) is 16.1. The molecule has 0 saturated heterocycles. The molecular weight excluding hydrogens is 202 g/mol. The van der Waals surface area contributed by atoms with Crippen molar-refractivity contribution in [2.24, 2.45) is 0 Å².